The van der Waals surface area contributed by atoms with Crippen LogP contribution in [-0.4, -0.2) is 77.2 Å². The third kappa shape index (κ3) is 5.42. The number of piperazine rings is 1. The van der Waals surface area contributed by atoms with Crippen LogP contribution in [-0.2, 0) is 9.59 Å². The average molecular weight is 399 g/mol. The maximum Gasteiger partial charge on any atom is 0.238 e. The summed E-state index contributed by atoms with van der Waals surface area (Å²) in [5.74, 6) is 0.0149. The lowest BCUT2D eigenvalue weighted by molar-refractivity contribution is -0.123. The van der Waals surface area contributed by atoms with Crippen molar-refractivity contribution in [1.82, 2.24) is 24.9 Å². The zero-order valence-corrected chi connectivity index (χ0v) is 17.4. The highest BCUT2D eigenvalue weighted by Gasteiger charge is 2.22. The number of aryl methyl sites for hydroxylation is 1. The normalized spacial score (nSPS) is 15.3. The molecule has 1 saturated heterocycles. The van der Waals surface area contributed by atoms with E-state index in [2.05, 4.69) is 25.5 Å². The van der Waals surface area contributed by atoms with Gasteiger partial charge in [0, 0.05) is 32.7 Å². The molecule has 2 aromatic rings. The number of nitrogens with zero attached hydrogens (tertiary/aromatic N) is 4. The van der Waals surface area contributed by atoms with E-state index in [4.69, 9.17) is 0 Å². The highest BCUT2D eigenvalue weighted by atomic mass is 16.2. The van der Waals surface area contributed by atoms with Gasteiger partial charge < -0.3 is 10.6 Å². The third-order valence-electron chi connectivity index (χ3n) is 5.13. The average Bonchev–Trinajstić information content (AvgIpc) is 2.98. The first-order chi connectivity index (χ1) is 14.0. The van der Waals surface area contributed by atoms with E-state index < -0.39 is 0 Å². The second-order valence-electron chi connectivity index (χ2n) is 7.35. The van der Waals surface area contributed by atoms with Crippen LogP contribution in [0.2, 0.25) is 0 Å². The molecule has 2 amide bonds. The molecule has 29 heavy (non-hydrogen) atoms. The maximum absolute atomic E-state index is 12.6. The van der Waals surface area contributed by atoms with E-state index in [1.807, 2.05) is 55.8 Å². The molecule has 0 spiro atoms. The fourth-order valence-electron chi connectivity index (χ4n) is 3.59. The van der Waals surface area contributed by atoms with E-state index in [1.54, 1.807) is 0 Å². The molecule has 0 aliphatic carbocycles. The first-order valence-electron chi connectivity index (χ1n) is 10.1. The minimum absolute atomic E-state index is 0.0408. The number of rotatable bonds is 7. The van der Waals surface area contributed by atoms with Gasteiger partial charge >= 0.3 is 0 Å². The molecule has 1 aliphatic rings. The van der Waals surface area contributed by atoms with E-state index in [1.165, 1.54) is 0 Å². The highest BCUT2D eigenvalue weighted by Crippen LogP contribution is 2.22. The molecular formula is C21H30N6O2. The van der Waals surface area contributed by atoms with Crippen LogP contribution in [0, 0.1) is 13.8 Å². The molecule has 0 bridgehead atoms. The van der Waals surface area contributed by atoms with Gasteiger partial charge in [-0.05, 0) is 32.9 Å². The molecule has 2 heterocycles. The minimum Gasteiger partial charge on any atom is -0.355 e. The molecule has 0 atom stereocenters. The van der Waals surface area contributed by atoms with Crippen LogP contribution < -0.4 is 10.6 Å². The van der Waals surface area contributed by atoms with Crippen molar-refractivity contribution >= 4 is 17.5 Å². The summed E-state index contributed by atoms with van der Waals surface area (Å²) in [7, 11) is 0. The van der Waals surface area contributed by atoms with Crippen molar-refractivity contribution in [1.29, 1.82) is 0 Å². The van der Waals surface area contributed by atoms with E-state index in [0.29, 0.717) is 19.6 Å². The largest absolute Gasteiger partial charge is 0.355 e. The van der Waals surface area contributed by atoms with E-state index in [9.17, 15) is 9.59 Å². The SMILES string of the molecule is CCNC(=O)CN1CCN(CC(=O)Nc2c(C)nn(-c3ccccc3)c2C)CC1. The lowest BCUT2D eigenvalue weighted by Crippen LogP contribution is -2.51. The van der Waals surface area contributed by atoms with Crippen LogP contribution in [0.4, 0.5) is 5.69 Å². The zero-order valence-electron chi connectivity index (χ0n) is 17.4. The number of para-hydroxylation sites is 1. The Hall–Kier alpha value is -2.71. The molecule has 0 saturated carbocycles. The van der Waals surface area contributed by atoms with Crippen LogP contribution in [0.5, 0.6) is 0 Å². The van der Waals surface area contributed by atoms with Gasteiger partial charge in [0.05, 0.1) is 35.9 Å². The zero-order chi connectivity index (χ0) is 20.8. The highest BCUT2D eigenvalue weighted by molar-refractivity contribution is 5.93. The number of anilines is 1. The lowest BCUT2D eigenvalue weighted by atomic mass is 10.2. The first-order valence-corrected chi connectivity index (χ1v) is 10.1. The van der Waals surface area contributed by atoms with Crippen molar-refractivity contribution in [3.63, 3.8) is 0 Å². The number of hydrogen-bond donors (Lipinski definition) is 2. The van der Waals surface area contributed by atoms with Gasteiger partial charge in [-0.3, -0.25) is 19.4 Å². The van der Waals surface area contributed by atoms with E-state index in [-0.39, 0.29) is 11.8 Å². The molecule has 1 fully saturated rings. The fourth-order valence-corrected chi connectivity index (χ4v) is 3.59. The van der Waals surface area contributed by atoms with Gasteiger partial charge in [-0.2, -0.15) is 5.10 Å². The number of likely N-dealkylation sites (N-methyl/N-ethyl adjacent to an activating group) is 1. The summed E-state index contributed by atoms with van der Waals surface area (Å²) in [6.45, 7) is 10.3. The van der Waals surface area contributed by atoms with Crippen molar-refractivity contribution in [3.8, 4) is 5.69 Å². The summed E-state index contributed by atoms with van der Waals surface area (Å²) in [4.78, 5) is 28.6. The summed E-state index contributed by atoms with van der Waals surface area (Å²) in [5.41, 5.74) is 3.45. The van der Waals surface area contributed by atoms with Crippen LogP contribution in [0.1, 0.15) is 18.3 Å². The minimum atomic E-state index is -0.0408. The Balaban J connectivity index is 1.53. The summed E-state index contributed by atoms with van der Waals surface area (Å²) in [6, 6.07) is 9.88. The maximum atomic E-state index is 12.6. The second-order valence-corrected chi connectivity index (χ2v) is 7.35. The smallest absolute Gasteiger partial charge is 0.238 e. The molecule has 0 radical (unpaired) electrons. The van der Waals surface area contributed by atoms with Gasteiger partial charge in [0.1, 0.15) is 0 Å². The first kappa shape index (κ1) is 21.0. The van der Waals surface area contributed by atoms with Crippen molar-refractivity contribution in [3.05, 3.63) is 41.7 Å². The van der Waals surface area contributed by atoms with Crippen molar-refractivity contribution in [2.24, 2.45) is 0 Å². The quantitative estimate of drug-likeness (QED) is 0.732. The molecule has 8 heteroatoms. The predicted molar refractivity (Wildman–Crippen MR) is 113 cm³/mol. The molecule has 0 unspecified atom stereocenters. The number of carbonyl (C=O) groups excluding carboxylic acids is 2. The number of carbonyl (C=O) groups is 2. The number of benzene rings is 1. The fraction of sp³-hybridized carbons (Fsp3) is 0.476. The summed E-state index contributed by atoms with van der Waals surface area (Å²) >= 11 is 0. The van der Waals surface area contributed by atoms with Gasteiger partial charge in [-0.25, -0.2) is 4.68 Å². The molecule has 1 aliphatic heterocycles. The van der Waals surface area contributed by atoms with E-state index >= 15 is 0 Å². The predicted octanol–water partition coefficient (Wildman–Crippen LogP) is 1.18. The number of nitrogens with one attached hydrogen (secondary N) is 2. The Morgan fingerprint density at radius 3 is 2.14 bits per heavy atom. The number of hydrogen-bond acceptors (Lipinski definition) is 5. The molecular weight excluding hydrogens is 368 g/mol. The molecule has 1 aromatic carbocycles. The molecule has 2 N–H and O–H groups in total. The van der Waals surface area contributed by atoms with Gasteiger partial charge in [0.2, 0.25) is 11.8 Å². The van der Waals surface area contributed by atoms with Crippen LogP contribution >= 0.6 is 0 Å². The summed E-state index contributed by atoms with van der Waals surface area (Å²) in [6.07, 6.45) is 0. The van der Waals surface area contributed by atoms with Crippen molar-refractivity contribution in [2.45, 2.75) is 20.8 Å². The Kier molecular flexibility index (Phi) is 7.00. The Morgan fingerprint density at radius 2 is 1.55 bits per heavy atom. The van der Waals surface area contributed by atoms with Gasteiger partial charge in [0.25, 0.3) is 0 Å². The molecule has 8 nitrogen and oxygen atoms in total. The Labute approximate surface area is 171 Å². The molecule has 1 aromatic heterocycles. The standard InChI is InChI=1S/C21H30N6O2/c1-4-22-19(28)14-25-10-12-26(13-11-25)15-20(29)23-21-16(2)24-27(17(21)3)18-8-6-5-7-9-18/h5-9H,4,10-15H2,1-3H3,(H,22,28)(H,23,29). The topological polar surface area (TPSA) is 82.5 Å². The van der Waals surface area contributed by atoms with Gasteiger partial charge in [-0.1, -0.05) is 18.2 Å². The van der Waals surface area contributed by atoms with Crippen molar-refractivity contribution in [2.75, 3.05) is 51.1 Å². The molecule has 156 valence electrons. The van der Waals surface area contributed by atoms with Crippen molar-refractivity contribution < 1.29 is 9.59 Å². The Morgan fingerprint density at radius 1 is 0.966 bits per heavy atom. The number of aromatic nitrogens is 2. The van der Waals surface area contributed by atoms with Crippen LogP contribution in [0.15, 0.2) is 30.3 Å². The lowest BCUT2D eigenvalue weighted by Gasteiger charge is -2.33. The molecule has 3 rings (SSSR count). The monoisotopic (exact) mass is 398 g/mol. The Bertz CT molecular complexity index is 840. The summed E-state index contributed by atoms with van der Waals surface area (Å²) in [5, 5.41) is 10.4. The second kappa shape index (κ2) is 9.67. The van der Waals surface area contributed by atoms with Gasteiger partial charge in [-0.15, -0.1) is 0 Å². The number of amides is 2. The van der Waals surface area contributed by atoms with Gasteiger partial charge in [0.15, 0.2) is 0 Å². The van der Waals surface area contributed by atoms with Crippen LogP contribution in [0.3, 0.4) is 0 Å². The van der Waals surface area contributed by atoms with Crippen LogP contribution in [0.25, 0.3) is 5.69 Å². The van der Waals surface area contributed by atoms with E-state index in [0.717, 1.165) is 48.9 Å². The third-order valence-corrected chi connectivity index (χ3v) is 5.13. The summed E-state index contributed by atoms with van der Waals surface area (Å²) < 4.78 is 1.85.